The summed E-state index contributed by atoms with van der Waals surface area (Å²) in [5, 5.41) is 9.81. The van der Waals surface area contributed by atoms with E-state index >= 15 is 0 Å². The molecule has 0 bridgehead atoms. The molecule has 2 N–H and O–H groups in total. The number of aromatic amines is 1. The summed E-state index contributed by atoms with van der Waals surface area (Å²) in [5.41, 5.74) is 0.166. The molecule has 2 unspecified atom stereocenters. The van der Waals surface area contributed by atoms with Gasteiger partial charge in [-0.1, -0.05) is 19.8 Å². The number of hydrogen-bond acceptors (Lipinski definition) is 4. The number of aromatic nitrogens is 4. The van der Waals surface area contributed by atoms with Crippen molar-refractivity contribution < 1.29 is 0 Å². The number of hydrogen-bond donors (Lipinski definition) is 2. The van der Waals surface area contributed by atoms with Crippen molar-refractivity contribution in [3.05, 3.63) is 22.9 Å². The van der Waals surface area contributed by atoms with Crippen LogP contribution in [0.15, 0.2) is 17.2 Å². The smallest absolute Gasteiger partial charge is 0.348 e. The third kappa shape index (κ3) is 2.40. The fraction of sp³-hybridized carbons (Fsp3) is 0.615. The topological polar surface area (TPSA) is 75.1 Å². The third-order valence-corrected chi connectivity index (χ3v) is 4.56. The molecule has 0 aromatic carbocycles. The van der Waals surface area contributed by atoms with E-state index in [-0.39, 0.29) is 11.2 Å². The summed E-state index contributed by atoms with van der Waals surface area (Å²) in [4.78, 5) is 15.7. The van der Waals surface area contributed by atoms with E-state index < -0.39 is 0 Å². The van der Waals surface area contributed by atoms with Gasteiger partial charge in [0.25, 0.3) is 0 Å². The van der Waals surface area contributed by atoms with E-state index in [0.717, 1.165) is 12.8 Å². The highest BCUT2D eigenvalue weighted by molar-refractivity contribution is 6.18. The van der Waals surface area contributed by atoms with E-state index in [4.69, 9.17) is 11.6 Å². The summed E-state index contributed by atoms with van der Waals surface area (Å²) in [6.07, 6.45) is 5.99. The maximum absolute atomic E-state index is 11.4. The van der Waals surface area contributed by atoms with E-state index in [1.165, 1.54) is 23.6 Å². The van der Waals surface area contributed by atoms with Gasteiger partial charge in [0.15, 0.2) is 5.65 Å². The largest absolute Gasteiger partial charge is 0.363 e. The van der Waals surface area contributed by atoms with Gasteiger partial charge in [-0.2, -0.15) is 5.10 Å². The lowest BCUT2D eigenvalue weighted by molar-refractivity contribution is 0.279. The third-order valence-electron chi connectivity index (χ3n) is 4.05. The van der Waals surface area contributed by atoms with Gasteiger partial charge in [0.2, 0.25) is 0 Å². The Morgan fingerprint density at radius 3 is 3.25 bits per heavy atom. The van der Waals surface area contributed by atoms with Gasteiger partial charge < -0.3 is 5.32 Å². The Morgan fingerprint density at radius 1 is 1.65 bits per heavy atom. The number of halogens is 1. The van der Waals surface area contributed by atoms with E-state index in [2.05, 4.69) is 27.4 Å². The number of rotatable bonds is 3. The quantitative estimate of drug-likeness (QED) is 0.850. The molecular formula is C13H18ClN5O. The lowest BCUT2D eigenvalue weighted by Crippen LogP contribution is -2.44. The van der Waals surface area contributed by atoms with Crippen molar-refractivity contribution >= 4 is 23.1 Å². The second-order valence-electron chi connectivity index (χ2n) is 5.77. The van der Waals surface area contributed by atoms with Crippen molar-refractivity contribution in [1.29, 1.82) is 0 Å². The highest BCUT2D eigenvalue weighted by Gasteiger charge is 2.34. The fourth-order valence-corrected chi connectivity index (χ4v) is 3.39. The van der Waals surface area contributed by atoms with Crippen molar-refractivity contribution in [2.75, 3.05) is 11.2 Å². The number of alkyl halides is 1. The summed E-state index contributed by atoms with van der Waals surface area (Å²) in [7, 11) is 0. The molecule has 2 aromatic heterocycles. The minimum absolute atomic E-state index is 0.110. The lowest BCUT2D eigenvalue weighted by Gasteiger charge is -2.39. The number of nitrogens with zero attached hydrogens (tertiary/aromatic N) is 3. The summed E-state index contributed by atoms with van der Waals surface area (Å²) in [6, 6.07) is 1.77. The van der Waals surface area contributed by atoms with Crippen molar-refractivity contribution in [3.63, 3.8) is 0 Å². The molecule has 7 heteroatoms. The van der Waals surface area contributed by atoms with Gasteiger partial charge in [0.1, 0.15) is 12.1 Å². The number of anilines is 1. The fourth-order valence-electron chi connectivity index (χ4n) is 3.08. The highest BCUT2D eigenvalue weighted by atomic mass is 35.5. The van der Waals surface area contributed by atoms with Crippen LogP contribution in [0.4, 0.5) is 5.82 Å². The molecule has 1 saturated carbocycles. The van der Waals surface area contributed by atoms with Gasteiger partial charge >= 0.3 is 5.69 Å². The van der Waals surface area contributed by atoms with Crippen LogP contribution in [0.25, 0.3) is 5.65 Å². The van der Waals surface area contributed by atoms with Crippen LogP contribution in [0.1, 0.15) is 32.6 Å². The van der Waals surface area contributed by atoms with Gasteiger partial charge in [0, 0.05) is 11.9 Å². The minimum atomic E-state index is -0.280. The lowest BCUT2D eigenvalue weighted by atomic mass is 9.77. The second kappa shape index (κ2) is 5.09. The molecule has 0 amide bonds. The second-order valence-corrected chi connectivity index (χ2v) is 6.04. The SMILES string of the molecule is CC1CCCC(CCl)(Nc2cc3n[nH]c(=O)n3cn2)C1. The van der Waals surface area contributed by atoms with E-state index in [9.17, 15) is 4.79 Å². The van der Waals surface area contributed by atoms with Crippen LogP contribution in [0.2, 0.25) is 0 Å². The van der Waals surface area contributed by atoms with Crippen LogP contribution in [0.5, 0.6) is 0 Å². The van der Waals surface area contributed by atoms with E-state index in [1.807, 2.05) is 0 Å². The molecule has 2 atom stereocenters. The first-order valence-corrected chi connectivity index (χ1v) is 7.42. The molecule has 20 heavy (non-hydrogen) atoms. The van der Waals surface area contributed by atoms with Gasteiger partial charge in [-0.05, 0) is 18.8 Å². The molecule has 2 heterocycles. The zero-order valence-corrected chi connectivity index (χ0v) is 12.2. The molecule has 6 nitrogen and oxygen atoms in total. The van der Waals surface area contributed by atoms with Crippen LogP contribution in [-0.4, -0.2) is 31.0 Å². The maximum Gasteiger partial charge on any atom is 0.348 e. The number of nitrogens with one attached hydrogen (secondary N) is 2. The van der Waals surface area contributed by atoms with Crippen molar-refractivity contribution in [3.8, 4) is 0 Å². The Kier molecular flexibility index (Phi) is 3.41. The van der Waals surface area contributed by atoms with Crippen LogP contribution in [-0.2, 0) is 0 Å². The zero-order valence-electron chi connectivity index (χ0n) is 11.4. The van der Waals surface area contributed by atoms with Gasteiger partial charge in [-0.15, -0.1) is 11.6 Å². The Bertz CT molecular complexity index is 666. The first-order chi connectivity index (χ1) is 9.62. The Hall–Kier alpha value is -1.56. The van der Waals surface area contributed by atoms with Crippen molar-refractivity contribution in [2.24, 2.45) is 5.92 Å². The average molecular weight is 296 g/mol. The van der Waals surface area contributed by atoms with Crippen LogP contribution < -0.4 is 11.0 Å². The molecule has 1 aliphatic carbocycles. The summed E-state index contributed by atoms with van der Waals surface area (Å²) < 4.78 is 1.38. The van der Waals surface area contributed by atoms with Gasteiger partial charge in [0.05, 0.1) is 5.54 Å². The molecule has 2 aromatic rings. The minimum Gasteiger partial charge on any atom is -0.363 e. The Morgan fingerprint density at radius 2 is 2.50 bits per heavy atom. The Labute approximate surface area is 121 Å². The van der Waals surface area contributed by atoms with E-state index in [1.54, 1.807) is 6.07 Å². The molecule has 0 radical (unpaired) electrons. The number of fused-ring (bicyclic) bond motifs is 1. The van der Waals surface area contributed by atoms with Crippen molar-refractivity contribution in [2.45, 2.75) is 38.1 Å². The number of H-pyrrole nitrogens is 1. The Balaban J connectivity index is 1.88. The predicted molar refractivity (Wildman–Crippen MR) is 78.3 cm³/mol. The normalized spacial score (nSPS) is 26.8. The first kappa shape index (κ1) is 13.4. The van der Waals surface area contributed by atoms with Crippen LogP contribution in [0.3, 0.4) is 0 Å². The monoisotopic (exact) mass is 295 g/mol. The highest BCUT2D eigenvalue weighted by Crippen LogP contribution is 2.35. The standard InChI is InChI=1S/C13H18ClN5O/c1-9-3-2-4-13(6-9,7-14)16-10-5-11-17-18-12(20)19(11)8-15-10/h5,8-9,16H,2-4,6-7H2,1H3,(H,18,20). The van der Waals surface area contributed by atoms with Crippen LogP contribution in [0, 0.1) is 5.92 Å². The van der Waals surface area contributed by atoms with E-state index in [0.29, 0.717) is 23.3 Å². The maximum atomic E-state index is 11.4. The molecule has 0 aliphatic heterocycles. The predicted octanol–water partition coefficient (Wildman–Crippen LogP) is 2.02. The molecule has 1 fully saturated rings. The first-order valence-electron chi connectivity index (χ1n) is 6.89. The van der Waals surface area contributed by atoms with Gasteiger partial charge in [-0.25, -0.2) is 19.3 Å². The summed E-state index contributed by atoms with van der Waals surface area (Å²) >= 11 is 6.21. The molecule has 0 saturated heterocycles. The molecular weight excluding hydrogens is 278 g/mol. The molecule has 1 aliphatic rings. The summed E-state index contributed by atoms with van der Waals surface area (Å²) in [5.74, 6) is 1.93. The zero-order chi connectivity index (χ0) is 14.2. The molecule has 108 valence electrons. The summed E-state index contributed by atoms with van der Waals surface area (Å²) in [6.45, 7) is 2.26. The molecule has 3 rings (SSSR count). The van der Waals surface area contributed by atoms with Crippen LogP contribution >= 0.6 is 11.6 Å². The average Bonchev–Trinajstić information content (AvgIpc) is 2.80. The molecule has 0 spiro atoms. The van der Waals surface area contributed by atoms with Crippen molar-refractivity contribution in [1.82, 2.24) is 19.6 Å². The van der Waals surface area contributed by atoms with Gasteiger partial charge in [-0.3, -0.25) is 0 Å².